The molecule has 0 radical (unpaired) electrons. The highest BCUT2D eigenvalue weighted by Gasteiger charge is 2.60. The van der Waals surface area contributed by atoms with Gasteiger partial charge in [-0.05, 0) is 86.9 Å². The van der Waals surface area contributed by atoms with Gasteiger partial charge < -0.3 is 15.1 Å². The van der Waals surface area contributed by atoms with Gasteiger partial charge in [0.25, 0.3) is 0 Å². The first-order valence-electron chi connectivity index (χ1n) is 12.6. The summed E-state index contributed by atoms with van der Waals surface area (Å²) in [5.74, 6) is -0.156. The number of Topliss-reactive ketones (excluding diaryl/α,β-unsaturated/α-hetero) is 1. The zero-order chi connectivity index (χ0) is 24.9. The molecule has 4 aliphatic rings. The maximum absolute atomic E-state index is 12.7. The molecule has 0 aromatic heterocycles. The van der Waals surface area contributed by atoms with Gasteiger partial charge in [0, 0.05) is 18.3 Å². The molecule has 0 aromatic carbocycles. The summed E-state index contributed by atoms with van der Waals surface area (Å²) in [4.78, 5) is 45.1. The van der Waals surface area contributed by atoms with Gasteiger partial charge in [-0.25, -0.2) is 9.65 Å². The molecule has 0 aliphatic heterocycles. The Kier molecular flexibility index (Phi) is 7.06. The highest BCUT2D eigenvalue weighted by atomic mass is 31.2. The van der Waals surface area contributed by atoms with Crippen molar-refractivity contribution in [2.45, 2.75) is 96.6 Å². The number of aliphatic carboxylic acids is 2. The fourth-order valence-corrected chi connectivity index (χ4v) is 9.32. The van der Waals surface area contributed by atoms with Gasteiger partial charge in [0.1, 0.15) is 11.8 Å². The first-order chi connectivity index (χ1) is 15.9. The lowest BCUT2D eigenvalue weighted by Crippen LogP contribution is -2.54. The number of hydrogen-bond acceptors (Lipinski definition) is 5. The Balaban J connectivity index is 1.39. The van der Waals surface area contributed by atoms with Gasteiger partial charge in [-0.15, -0.1) is 0 Å². The minimum absolute atomic E-state index is 0.119. The molecular weight excluding hydrogens is 461 g/mol. The van der Waals surface area contributed by atoms with E-state index in [2.05, 4.69) is 18.9 Å². The van der Waals surface area contributed by atoms with E-state index in [9.17, 15) is 28.9 Å². The Hall–Kier alpha value is -1.28. The first-order valence-corrected chi connectivity index (χ1v) is 14.2. The summed E-state index contributed by atoms with van der Waals surface area (Å²) in [6.07, 6.45) is 6.80. The Morgan fingerprint density at radius 2 is 1.85 bits per heavy atom. The highest BCUT2D eigenvalue weighted by Crippen LogP contribution is 2.66. The molecule has 9 atom stereocenters. The Bertz CT molecular complexity index is 894. The van der Waals surface area contributed by atoms with Crippen molar-refractivity contribution in [3.05, 3.63) is 0 Å². The smallest absolute Gasteiger partial charge is 0.403 e. The van der Waals surface area contributed by atoms with Crippen LogP contribution in [-0.2, 0) is 23.5 Å². The number of fused-ring (bicyclic) bond motifs is 5. The maximum atomic E-state index is 12.7. The zero-order valence-electron chi connectivity index (χ0n) is 20.1. The molecule has 4 rings (SSSR count). The molecule has 34 heavy (non-hydrogen) atoms. The van der Waals surface area contributed by atoms with Crippen molar-refractivity contribution in [2.75, 3.05) is 0 Å². The number of carbonyl (C=O) groups excluding carboxylic acids is 1. The van der Waals surface area contributed by atoms with Gasteiger partial charge in [-0.1, -0.05) is 13.8 Å². The quantitative estimate of drug-likeness (QED) is 0.363. The van der Waals surface area contributed by atoms with Gasteiger partial charge in [-0.3, -0.25) is 18.9 Å². The second-order valence-corrected chi connectivity index (χ2v) is 13.1. The summed E-state index contributed by atoms with van der Waals surface area (Å²) in [6.45, 7) is 4.53. The normalized spacial score (nSPS) is 42.1. The molecule has 1 unspecified atom stereocenters. The number of hydrogen-bond donors (Lipinski definition) is 4. The predicted molar refractivity (Wildman–Crippen MR) is 123 cm³/mol. The molecule has 0 saturated heterocycles. The van der Waals surface area contributed by atoms with Gasteiger partial charge in [0.05, 0.1) is 6.10 Å². The van der Waals surface area contributed by atoms with Crippen LogP contribution >= 0.6 is 7.75 Å². The van der Waals surface area contributed by atoms with Gasteiger partial charge >= 0.3 is 19.7 Å². The lowest BCUT2D eigenvalue weighted by atomic mass is 9.45. The first kappa shape index (κ1) is 25.8. The van der Waals surface area contributed by atoms with Gasteiger partial charge in [0.2, 0.25) is 0 Å². The van der Waals surface area contributed by atoms with E-state index in [1.807, 2.05) is 0 Å². The molecule has 10 heteroatoms. The zero-order valence-corrected chi connectivity index (χ0v) is 21.0. The third-order valence-corrected chi connectivity index (χ3v) is 11.1. The topological polar surface area (TPSA) is 150 Å². The molecule has 0 aromatic rings. The maximum Gasteiger partial charge on any atom is 0.403 e. The Morgan fingerprint density at radius 3 is 2.53 bits per heavy atom. The molecule has 9 nitrogen and oxygen atoms in total. The van der Waals surface area contributed by atoms with Crippen LogP contribution in [0.1, 0.15) is 84.5 Å². The third kappa shape index (κ3) is 4.73. The van der Waals surface area contributed by atoms with Crippen LogP contribution in [-0.4, -0.2) is 45.0 Å². The van der Waals surface area contributed by atoms with E-state index in [-0.39, 0.29) is 17.3 Å². The van der Waals surface area contributed by atoms with Crippen LogP contribution in [0, 0.1) is 34.5 Å². The Morgan fingerprint density at radius 1 is 1.12 bits per heavy atom. The number of ketones is 1. The minimum Gasteiger partial charge on any atom is -0.481 e. The number of rotatable bonds is 8. The SMILES string of the molecule is C[C@]12CC[C@H](OP(=O)(O)N[C@@H](CCC(=O)O)C(=O)O)C[C@@H]1CC[C@@H]1[C@@H]2CC[C@]2(C)C(=O)CC[C@@H]12. The predicted octanol–water partition coefficient (Wildman–Crippen LogP) is 3.99. The summed E-state index contributed by atoms with van der Waals surface area (Å²) in [6, 6.07) is -1.47. The highest BCUT2D eigenvalue weighted by molar-refractivity contribution is 7.50. The lowest BCUT2D eigenvalue weighted by Gasteiger charge is -2.60. The molecule has 4 N–H and O–H groups in total. The van der Waals surface area contributed by atoms with E-state index in [1.54, 1.807) is 0 Å². The molecule has 0 bridgehead atoms. The minimum atomic E-state index is -4.42. The molecular formula is C24H38NO8P. The van der Waals surface area contributed by atoms with Crippen molar-refractivity contribution in [3.8, 4) is 0 Å². The summed E-state index contributed by atoms with van der Waals surface area (Å²) in [5, 5.41) is 20.2. The van der Waals surface area contributed by atoms with Crippen LogP contribution in [0.2, 0.25) is 0 Å². The number of nitrogens with one attached hydrogen (secondary N) is 1. The van der Waals surface area contributed by atoms with Crippen molar-refractivity contribution in [1.82, 2.24) is 5.09 Å². The number of carbonyl (C=O) groups is 3. The van der Waals surface area contributed by atoms with Crippen LogP contribution < -0.4 is 5.09 Å². The van der Waals surface area contributed by atoms with E-state index >= 15 is 0 Å². The van der Waals surface area contributed by atoms with Crippen molar-refractivity contribution in [2.24, 2.45) is 34.5 Å². The van der Waals surface area contributed by atoms with Crippen molar-refractivity contribution < 1.29 is 38.6 Å². The molecule has 4 fully saturated rings. The summed E-state index contributed by atoms with van der Waals surface area (Å²) in [5.41, 5.74) is -0.0328. The third-order valence-electron chi connectivity index (χ3n) is 9.88. The van der Waals surface area contributed by atoms with E-state index in [0.717, 1.165) is 38.5 Å². The second-order valence-electron chi connectivity index (χ2n) is 11.5. The molecule has 0 amide bonds. The Labute approximate surface area is 200 Å². The van der Waals surface area contributed by atoms with Crippen LogP contribution in [0.4, 0.5) is 0 Å². The van der Waals surface area contributed by atoms with Gasteiger partial charge in [0.15, 0.2) is 0 Å². The van der Waals surface area contributed by atoms with Crippen LogP contribution in [0.15, 0.2) is 0 Å². The standard InChI is InChI=1S/C24H38NO8P/c1-23-11-9-15(33-34(31,32)25-19(22(29)30)6-8-21(27)28)13-14(23)3-4-16-17-5-7-20(26)24(17,2)12-10-18(16)23/h14-19H,3-13H2,1-2H3,(H,27,28)(H,29,30)(H2,25,31,32)/t14-,15-,16-,17-,18-,19-,23-,24-/m0/s1. The van der Waals surface area contributed by atoms with Crippen molar-refractivity contribution in [3.63, 3.8) is 0 Å². The molecule has 4 saturated carbocycles. The van der Waals surface area contributed by atoms with Crippen molar-refractivity contribution >= 4 is 25.5 Å². The van der Waals surface area contributed by atoms with E-state index < -0.39 is 38.3 Å². The molecule has 0 heterocycles. The molecule has 4 aliphatic carbocycles. The van der Waals surface area contributed by atoms with E-state index in [1.165, 1.54) is 0 Å². The average Bonchev–Trinajstić information content (AvgIpc) is 3.05. The molecule has 192 valence electrons. The summed E-state index contributed by atoms with van der Waals surface area (Å²) in [7, 11) is -4.42. The fraction of sp³-hybridized carbons (Fsp3) is 0.875. The van der Waals surface area contributed by atoms with Crippen LogP contribution in [0.5, 0.6) is 0 Å². The fourth-order valence-electron chi connectivity index (χ4n) is 8.03. The van der Waals surface area contributed by atoms with Crippen molar-refractivity contribution in [1.29, 1.82) is 0 Å². The van der Waals surface area contributed by atoms with Crippen LogP contribution in [0.25, 0.3) is 0 Å². The van der Waals surface area contributed by atoms with Crippen LogP contribution in [0.3, 0.4) is 0 Å². The monoisotopic (exact) mass is 499 g/mol. The molecule has 0 spiro atoms. The summed E-state index contributed by atoms with van der Waals surface area (Å²) >= 11 is 0. The second kappa shape index (κ2) is 9.30. The van der Waals surface area contributed by atoms with E-state index in [4.69, 9.17) is 9.63 Å². The lowest BCUT2D eigenvalue weighted by molar-refractivity contribution is -0.142. The number of carboxylic acids is 2. The van der Waals surface area contributed by atoms with E-state index in [0.29, 0.717) is 48.7 Å². The largest absolute Gasteiger partial charge is 0.481 e. The summed E-state index contributed by atoms with van der Waals surface area (Å²) < 4.78 is 18.2. The average molecular weight is 500 g/mol. The van der Waals surface area contributed by atoms with Gasteiger partial charge in [-0.2, -0.15) is 0 Å². The number of carboxylic acid groups (broad SMARTS) is 2.